The molecule has 16 heavy (non-hydrogen) atoms. The summed E-state index contributed by atoms with van der Waals surface area (Å²) in [6, 6.07) is 0. The number of aromatic nitrogens is 2. The highest BCUT2D eigenvalue weighted by atomic mass is 127. The highest BCUT2D eigenvalue weighted by Gasteiger charge is 2.00. The Labute approximate surface area is 117 Å². The van der Waals surface area contributed by atoms with Gasteiger partial charge in [0.25, 0.3) is 0 Å². The molecule has 2 nitrogen and oxygen atoms in total. The van der Waals surface area contributed by atoms with Crippen molar-refractivity contribution in [1.29, 1.82) is 0 Å². The van der Waals surface area contributed by atoms with E-state index in [9.17, 15) is 0 Å². The monoisotopic (exact) mass is 336 g/mol. The standard InChI is InChI=1S/C13H24N2.HI/c1-3-5-6-7-8-9-10-13-14-11-12-15(13)4-2;/h11-12H,3-10H2,1-2H3;1H. The first-order chi connectivity index (χ1) is 7.38. The SMILES string of the molecule is CCCCCCCCc1nccn1CC.I. The predicted molar refractivity (Wildman–Crippen MR) is 80.4 cm³/mol. The van der Waals surface area contributed by atoms with Crippen molar-refractivity contribution in [1.82, 2.24) is 9.55 Å². The minimum Gasteiger partial charge on any atom is -0.335 e. The average molecular weight is 336 g/mol. The Hall–Kier alpha value is -0.0600. The molecule has 0 bridgehead atoms. The Morgan fingerprint density at radius 2 is 1.75 bits per heavy atom. The van der Waals surface area contributed by atoms with E-state index >= 15 is 0 Å². The maximum atomic E-state index is 4.38. The number of hydrogen-bond acceptors (Lipinski definition) is 1. The van der Waals surface area contributed by atoms with Gasteiger partial charge in [-0.05, 0) is 13.3 Å². The third kappa shape index (κ3) is 5.87. The second kappa shape index (κ2) is 10.1. The number of nitrogens with zero attached hydrogens (tertiary/aromatic N) is 2. The first kappa shape index (κ1) is 15.9. The lowest BCUT2D eigenvalue weighted by atomic mass is 10.1. The molecule has 0 aliphatic carbocycles. The Balaban J connectivity index is 0.00000225. The summed E-state index contributed by atoms with van der Waals surface area (Å²) in [5.74, 6) is 1.26. The Bertz CT molecular complexity index is 258. The molecule has 0 fully saturated rings. The molecule has 0 spiro atoms. The molecule has 0 N–H and O–H groups in total. The van der Waals surface area contributed by atoms with Crippen LogP contribution in [0.5, 0.6) is 0 Å². The fourth-order valence-electron chi connectivity index (χ4n) is 1.92. The second-order valence-corrected chi connectivity index (χ2v) is 4.15. The number of hydrogen-bond donors (Lipinski definition) is 0. The van der Waals surface area contributed by atoms with Crippen molar-refractivity contribution in [2.75, 3.05) is 0 Å². The van der Waals surface area contributed by atoms with E-state index in [0.717, 1.165) is 13.0 Å². The van der Waals surface area contributed by atoms with E-state index in [1.165, 1.54) is 44.3 Å². The molecule has 94 valence electrons. The zero-order valence-electron chi connectivity index (χ0n) is 10.6. The fraction of sp³-hybridized carbons (Fsp3) is 0.769. The van der Waals surface area contributed by atoms with Crippen LogP contribution in [0.1, 0.15) is 58.2 Å². The van der Waals surface area contributed by atoms with Crippen molar-refractivity contribution in [3.8, 4) is 0 Å². The molecule has 0 saturated heterocycles. The molecule has 0 atom stereocenters. The van der Waals surface area contributed by atoms with Gasteiger partial charge >= 0.3 is 0 Å². The topological polar surface area (TPSA) is 17.8 Å². The molecule has 0 saturated carbocycles. The number of halogens is 1. The van der Waals surface area contributed by atoms with Crippen LogP contribution in [0, 0.1) is 0 Å². The van der Waals surface area contributed by atoms with Crippen LogP contribution in [0.15, 0.2) is 12.4 Å². The first-order valence-corrected chi connectivity index (χ1v) is 6.38. The molecule has 0 radical (unpaired) electrons. The summed E-state index contributed by atoms with van der Waals surface area (Å²) in [6.45, 7) is 5.48. The molecule has 3 heteroatoms. The first-order valence-electron chi connectivity index (χ1n) is 6.38. The van der Waals surface area contributed by atoms with Crippen molar-refractivity contribution >= 4 is 24.0 Å². The summed E-state index contributed by atoms with van der Waals surface area (Å²) in [5.41, 5.74) is 0. The van der Waals surface area contributed by atoms with Crippen molar-refractivity contribution in [2.24, 2.45) is 0 Å². The van der Waals surface area contributed by atoms with Crippen LogP contribution >= 0.6 is 24.0 Å². The minimum absolute atomic E-state index is 0. The summed E-state index contributed by atoms with van der Waals surface area (Å²) in [4.78, 5) is 4.38. The molecule has 0 amide bonds. The molecule has 0 unspecified atom stereocenters. The maximum Gasteiger partial charge on any atom is 0.108 e. The van der Waals surface area contributed by atoms with Crippen molar-refractivity contribution < 1.29 is 0 Å². The lowest BCUT2D eigenvalue weighted by Crippen LogP contribution is -2.00. The minimum atomic E-state index is 0. The van der Waals surface area contributed by atoms with Crippen LogP contribution in [0.4, 0.5) is 0 Å². The second-order valence-electron chi connectivity index (χ2n) is 4.15. The van der Waals surface area contributed by atoms with Gasteiger partial charge in [0.15, 0.2) is 0 Å². The van der Waals surface area contributed by atoms with E-state index in [4.69, 9.17) is 0 Å². The molecular weight excluding hydrogens is 311 g/mol. The number of aryl methyl sites for hydroxylation is 2. The highest BCUT2D eigenvalue weighted by molar-refractivity contribution is 14.0. The van der Waals surface area contributed by atoms with Crippen LogP contribution in [0.3, 0.4) is 0 Å². The van der Waals surface area contributed by atoms with Gasteiger partial charge in [-0.25, -0.2) is 4.98 Å². The number of imidazole rings is 1. The summed E-state index contributed by atoms with van der Waals surface area (Å²) in [6.07, 6.45) is 13.3. The Morgan fingerprint density at radius 1 is 1.06 bits per heavy atom. The third-order valence-electron chi connectivity index (χ3n) is 2.90. The molecule has 0 aliphatic heterocycles. The molecule has 0 aliphatic rings. The van der Waals surface area contributed by atoms with Gasteiger partial charge in [0.2, 0.25) is 0 Å². The number of unbranched alkanes of at least 4 members (excludes halogenated alkanes) is 5. The van der Waals surface area contributed by atoms with Gasteiger partial charge < -0.3 is 4.57 Å². The molecule has 1 aromatic heterocycles. The molecule has 1 heterocycles. The van der Waals surface area contributed by atoms with Gasteiger partial charge in [0.1, 0.15) is 5.82 Å². The molecule has 1 rings (SSSR count). The van der Waals surface area contributed by atoms with E-state index in [2.05, 4.69) is 29.6 Å². The van der Waals surface area contributed by atoms with Crippen LogP contribution in [-0.2, 0) is 13.0 Å². The Morgan fingerprint density at radius 3 is 2.44 bits per heavy atom. The van der Waals surface area contributed by atoms with Crippen LogP contribution in [-0.4, -0.2) is 9.55 Å². The van der Waals surface area contributed by atoms with Crippen LogP contribution < -0.4 is 0 Å². The van der Waals surface area contributed by atoms with E-state index < -0.39 is 0 Å². The molecule has 1 aromatic rings. The fourth-order valence-corrected chi connectivity index (χ4v) is 1.92. The summed E-state index contributed by atoms with van der Waals surface area (Å²) >= 11 is 0. The summed E-state index contributed by atoms with van der Waals surface area (Å²) in [7, 11) is 0. The van der Waals surface area contributed by atoms with E-state index in [0.29, 0.717) is 0 Å². The average Bonchev–Trinajstić information content (AvgIpc) is 2.70. The normalized spacial score (nSPS) is 10.1. The lowest BCUT2D eigenvalue weighted by Gasteiger charge is -2.04. The van der Waals surface area contributed by atoms with E-state index in [-0.39, 0.29) is 24.0 Å². The third-order valence-corrected chi connectivity index (χ3v) is 2.90. The summed E-state index contributed by atoms with van der Waals surface area (Å²) < 4.78 is 2.24. The van der Waals surface area contributed by atoms with Gasteiger partial charge in [0, 0.05) is 25.4 Å². The van der Waals surface area contributed by atoms with Crippen molar-refractivity contribution in [2.45, 2.75) is 65.3 Å². The largest absolute Gasteiger partial charge is 0.335 e. The number of rotatable bonds is 8. The molecular formula is C13H25IN2. The van der Waals surface area contributed by atoms with E-state index in [1.807, 2.05) is 6.20 Å². The van der Waals surface area contributed by atoms with Gasteiger partial charge in [-0.15, -0.1) is 24.0 Å². The Kier molecular flexibility index (Phi) is 10.1. The smallest absolute Gasteiger partial charge is 0.108 e. The van der Waals surface area contributed by atoms with E-state index in [1.54, 1.807) is 0 Å². The van der Waals surface area contributed by atoms with Gasteiger partial charge in [-0.3, -0.25) is 0 Å². The predicted octanol–water partition coefficient (Wildman–Crippen LogP) is 4.42. The van der Waals surface area contributed by atoms with Gasteiger partial charge in [-0.2, -0.15) is 0 Å². The van der Waals surface area contributed by atoms with Gasteiger partial charge in [-0.1, -0.05) is 39.0 Å². The van der Waals surface area contributed by atoms with Crippen LogP contribution in [0.2, 0.25) is 0 Å². The van der Waals surface area contributed by atoms with Crippen molar-refractivity contribution in [3.05, 3.63) is 18.2 Å². The quantitative estimate of drug-likeness (QED) is 0.507. The maximum absolute atomic E-state index is 4.38. The zero-order chi connectivity index (χ0) is 10.9. The molecule has 0 aromatic carbocycles. The lowest BCUT2D eigenvalue weighted by molar-refractivity contribution is 0.588. The highest BCUT2D eigenvalue weighted by Crippen LogP contribution is 2.08. The van der Waals surface area contributed by atoms with Gasteiger partial charge in [0.05, 0.1) is 0 Å². The van der Waals surface area contributed by atoms with Crippen molar-refractivity contribution in [3.63, 3.8) is 0 Å². The zero-order valence-corrected chi connectivity index (χ0v) is 12.9. The van der Waals surface area contributed by atoms with Crippen LogP contribution in [0.25, 0.3) is 0 Å². The summed E-state index contributed by atoms with van der Waals surface area (Å²) in [5, 5.41) is 0.